The van der Waals surface area contributed by atoms with Gasteiger partial charge in [-0.25, -0.2) is 8.78 Å². The zero-order valence-electron chi connectivity index (χ0n) is 9.45. The summed E-state index contributed by atoms with van der Waals surface area (Å²) < 4.78 is 83.8. The van der Waals surface area contributed by atoms with Gasteiger partial charge in [0.15, 0.2) is 0 Å². The Kier molecular flexibility index (Phi) is 3.17. The first-order valence-electron chi connectivity index (χ1n) is 5.73. The summed E-state index contributed by atoms with van der Waals surface area (Å²) in [6.45, 7) is -2.12. The van der Waals surface area contributed by atoms with E-state index in [9.17, 15) is 26.0 Å². The topological polar surface area (TPSA) is 54.4 Å². The molecule has 2 fully saturated rings. The van der Waals surface area contributed by atoms with Crippen LogP contribution in [0.5, 0.6) is 0 Å². The van der Waals surface area contributed by atoms with Gasteiger partial charge in [0.1, 0.15) is 6.67 Å². The quantitative estimate of drug-likeness (QED) is 0.639. The summed E-state index contributed by atoms with van der Waals surface area (Å²) in [5, 5.41) is -5.11. The summed E-state index contributed by atoms with van der Waals surface area (Å²) >= 11 is 0. The minimum atomic E-state index is -5.97. The smallest absolute Gasteiger partial charge is 0.281 e. The highest BCUT2D eigenvalue weighted by Gasteiger charge is 2.70. The first-order valence-corrected chi connectivity index (χ1v) is 7.17. The molecule has 2 rings (SSSR count). The zero-order chi connectivity index (χ0) is 13.8. The van der Waals surface area contributed by atoms with E-state index < -0.39 is 39.6 Å². The van der Waals surface area contributed by atoms with Crippen LogP contribution in [0.2, 0.25) is 0 Å². The van der Waals surface area contributed by atoms with Crippen LogP contribution in [0, 0.1) is 17.8 Å². The fourth-order valence-corrected chi connectivity index (χ4v) is 4.05. The Morgan fingerprint density at radius 1 is 1.17 bits per heavy atom. The molecular formula is C10H14F4O3S. The van der Waals surface area contributed by atoms with Gasteiger partial charge in [0.25, 0.3) is 0 Å². The molecule has 18 heavy (non-hydrogen) atoms. The second-order valence-electron chi connectivity index (χ2n) is 5.27. The molecule has 0 aromatic rings. The lowest BCUT2D eigenvalue weighted by atomic mass is 9.78. The van der Waals surface area contributed by atoms with Crippen LogP contribution in [0.1, 0.15) is 25.7 Å². The summed E-state index contributed by atoms with van der Waals surface area (Å²) in [4.78, 5) is 0. The van der Waals surface area contributed by atoms with Crippen LogP contribution >= 0.6 is 0 Å². The molecule has 4 unspecified atom stereocenters. The van der Waals surface area contributed by atoms with E-state index in [4.69, 9.17) is 4.55 Å². The predicted octanol–water partition coefficient (Wildman–Crippen LogP) is 2.58. The predicted molar refractivity (Wildman–Crippen MR) is 55.2 cm³/mol. The van der Waals surface area contributed by atoms with E-state index in [-0.39, 0.29) is 12.3 Å². The summed E-state index contributed by atoms with van der Waals surface area (Å²) in [7, 11) is -5.97. The number of hydrogen-bond donors (Lipinski definition) is 1. The van der Waals surface area contributed by atoms with Crippen molar-refractivity contribution in [3.63, 3.8) is 0 Å². The average Bonchev–Trinajstić information content (AvgIpc) is 2.87. The Morgan fingerprint density at radius 2 is 1.78 bits per heavy atom. The van der Waals surface area contributed by atoms with Gasteiger partial charge in [0.2, 0.25) is 5.67 Å². The fraction of sp³-hybridized carbons (Fsp3) is 1.00. The van der Waals surface area contributed by atoms with Crippen molar-refractivity contribution < 1.29 is 30.5 Å². The number of hydrogen-bond acceptors (Lipinski definition) is 2. The summed E-state index contributed by atoms with van der Waals surface area (Å²) in [5.74, 6) is -1.72. The molecule has 2 saturated carbocycles. The lowest BCUT2D eigenvalue weighted by Gasteiger charge is -2.37. The third kappa shape index (κ3) is 1.76. The van der Waals surface area contributed by atoms with Gasteiger partial charge in [-0.3, -0.25) is 4.55 Å². The molecule has 0 spiro atoms. The number of halogens is 4. The minimum Gasteiger partial charge on any atom is -0.281 e. The maximum absolute atomic E-state index is 14.3. The summed E-state index contributed by atoms with van der Waals surface area (Å²) in [6, 6.07) is 0. The van der Waals surface area contributed by atoms with Gasteiger partial charge in [-0.2, -0.15) is 17.2 Å². The molecule has 1 N–H and O–H groups in total. The molecule has 106 valence electrons. The second kappa shape index (κ2) is 4.06. The molecule has 2 bridgehead atoms. The van der Waals surface area contributed by atoms with Crippen LogP contribution in [0.4, 0.5) is 17.6 Å². The van der Waals surface area contributed by atoms with Crippen LogP contribution in [0.3, 0.4) is 0 Å². The Bertz CT molecular complexity index is 438. The van der Waals surface area contributed by atoms with Crippen LogP contribution in [-0.2, 0) is 10.1 Å². The molecule has 0 aromatic heterocycles. The standard InChI is InChI=1S/C10H14F4O3S/c11-5-9(12,10(13,14)18(15,16)17)8-4-6-1-2-7(8)3-6/h6-8H,1-5H2,(H,15,16,17). The summed E-state index contributed by atoms with van der Waals surface area (Å²) in [6.07, 6.45) is 1.86. The molecule has 3 nitrogen and oxygen atoms in total. The van der Waals surface area contributed by atoms with Gasteiger partial charge in [-0.05, 0) is 31.1 Å². The van der Waals surface area contributed by atoms with E-state index in [1.54, 1.807) is 0 Å². The maximum atomic E-state index is 14.3. The summed E-state index contributed by atoms with van der Waals surface area (Å²) in [5.41, 5.74) is -3.83. The number of alkyl halides is 4. The van der Waals surface area contributed by atoms with Gasteiger partial charge in [0.05, 0.1) is 0 Å². The Balaban J connectivity index is 2.37. The number of rotatable bonds is 4. The average molecular weight is 290 g/mol. The van der Waals surface area contributed by atoms with Crippen molar-refractivity contribution in [2.24, 2.45) is 17.8 Å². The van der Waals surface area contributed by atoms with Crippen molar-refractivity contribution in [2.45, 2.75) is 36.6 Å². The van der Waals surface area contributed by atoms with Crippen LogP contribution in [0.25, 0.3) is 0 Å². The molecule has 0 amide bonds. The van der Waals surface area contributed by atoms with Crippen molar-refractivity contribution in [1.82, 2.24) is 0 Å². The Hall–Kier alpha value is -0.370. The van der Waals surface area contributed by atoms with E-state index in [1.807, 2.05) is 0 Å². The van der Waals surface area contributed by atoms with E-state index in [1.165, 1.54) is 0 Å². The Morgan fingerprint density at radius 3 is 2.11 bits per heavy atom. The van der Waals surface area contributed by atoms with Gasteiger partial charge in [-0.1, -0.05) is 6.42 Å². The molecule has 2 aliphatic rings. The molecule has 0 saturated heterocycles. The monoisotopic (exact) mass is 290 g/mol. The molecular weight excluding hydrogens is 276 g/mol. The molecule has 8 heteroatoms. The Labute approximate surface area is 102 Å². The maximum Gasteiger partial charge on any atom is 0.405 e. The molecule has 0 aromatic carbocycles. The molecule has 2 aliphatic carbocycles. The lowest BCUT2D eigenvalue weighted by Crippen LogP contribution is -2.57. The molecule has 4 atom stereocenters. The third-order valence-electron chi connectivity index (χ3n) is 4.33. The van der Waals surface area contributed by atoms with Crippen molar-refractivity contribution in [3.8, 4) is 0 Å². The highest BCUT2D eigenvalue weighted by atomic mass is 32.2. The van der Waals surface area contributed by atoms with E-state index in [2.05, 4.69) is 0 Å². The largest absolute Gasteiger partial charge is 0.405 e. The molecule has 0 aliphatic heterocycles. The number of fused-ring (bicyclic) bond motifs is 2. The van der Waals surface area contributed by atoms with Crippen LogP contribution in [0.15, 0.2) is 0 Å². The van der Waals surface area contributed by atoms with Crippen LogP contribution < -0.4 is 0 Å². The molecule has 0 radical (unpaired) electrons. The SMILES string of the molecule is O=S(=O)(O)C(F)(F)C(F)(CF)C1CC2CCC1C2. The van der Waals surface area contributed by atoms with E-state index in [0.717, 1.165) is 6.42 Å². The van der Waals surface area contributed by atoms with Crippen molar-refractivity contribution in [2.75, 3.05) is 6.67 Å². The van der Waals surface area contributed by atoms with Gasteiger partial charge in [-0.15, -0.1) is 0 Å². The van der Waals surface area contributed by atoms with E-state index in [0.29, 0.717) is 12.8 Å². The van der Waals surface area contributed by atoms with Gasteiger partial charge >= 0.3 is 15.4 Å². The third-order valence-corrected chi connectivity index (χ3v) is 5.32. The fourth-order valence-electron chi connectivity index (χ4n) is 3.41. The van der Waals surface area contributed by atoms with Gasteiger partial charge < -0.3 is 0 Å². The van der Waals surface area contributed by atoms with Crippen molar-refractivity contribution >= 4 is 10.1 Å². The van der Waals surface area contributed by atoms with Crippen molar-refractivity contribution in [1.29, 1.82) is 0 Å². The normalized spacial score (nSPS) is 35.7. The van der Waals surface area contributed by atoms with E-state index >= 15 is 0 Å². The first kappa shape index (κ1) is 14.0. The second-order valence-corrected chi connectivity index (χ2v) is 6.73. The first-order chi connectivity index (χ1) is 8.13. The zero-order valence-corrected chi connectivity index (χ0v) is 10.3. The highest BCUT2D eigenvalue weighted by molar-refractivity contribution is 7.87. The lowest BCUT2D eigenvalue weighted by molar-refractivity contribution is -0.132. The van der Waals surface area contributed by atoms with Crippen molar-refractivity contribution in [3.05, 3.63) is 0 Å². The minimum absolute atomic E-state index is 0.0518. The van der Waals surface area contributed by atoms with Crippen LogP contribution in [-0.4, -0.2) is 30.6 Å². The highest BCUT2D eigenvalue weighted by Crippen LogP contribution is 2.57. The van der Waals surface area contributed by atoms with Gasteiger partial charge in [0, 0.05) is 5.92 Å². The molecule has 0 heterocycles.